The van der Waals surface area contributed by atoms with Crippen molar-refractivity contribution in [3.8, 4) is 0 Å². The van der Waals surface area contributed by atoms with Crippen LogP contribution in [0.1, 0.15) is 56.3 Å². The number of rotatable bonds is 10. The number of hydrogen-bond donors (Lipinski definition) is 1. The molecule has 0 atom stereocenters. The fraction of sp³-hybridized carbons (Fsp3) is 0.650. The third-order valence-electron chi connectivity index (χ3n) is 4.72. The van der Waals surface area contributed by atoms with E-state index in [0.717, 1.165) is 18.8 Å². The molecule has 0 unspecified atom stereocenters. The number of carbonyl (C=O) groups excluding carboxylic acids is 1. The van der Waals surface area contributed by atoms with Crippen molar-refractivity contribution in [3.05, 3.63) is 29.8 Å². The van der Waals surface area contributed by atoms with Crippen LogP contribution in [-0.4, -0.2) is 51.5 Å². The third kappa shape index (κ3) is 6.90. The molecule has 1 aliphatic rings. The van der Waals surface area contributed by atoms with Gasteiger partial charge in [-0.1, -0.05) is 39.5 Å². The molecule has 1 aromatic rings. The Morgan fingerprint density at radius 1 is 1.07 bits per heavy atom. The number of amides is 1. The van der Waals surface area contributed by atoms with E-state index in [4.69, 9.17) is 4.74 Å². The molecule has 2 rings (SSSR count). The lowest BCUT2D eigenvalue weighted by atomic mass is 10.0. The molecule has 1 amide bonds. The van der Waals surface area contributed by atoms with Crippen molar-refractivity contribution in [3.63, 3.8) is 0 Å². The molecule has 0 aromatic heterocycles. The topological polar surface area (TPSA) is 75.7 Å². The number of nitrogens with zero attached hydrogens (tertiary/aromatic N) is 1. The highest BCUT2D eigenvalue weighted by Crippen LogP contribution is 2.17. The van der Waals surface area contributed by atoms with Crippen LogP contribution in [-0.2, 0) is 14.8 Å². The van der Waals surface area contributed by atoms with E-state index in [2.05, 4.69) is 19.2 Å². The van der Waals surface area contributed by atoms with E-state index in [1.54, 1.807) is 12.1 Å². The van der Waals surface area contributed by atoms with Gasteiger partial charge in [0.05, 0.1) is 18.1 Å². The zero-order valence-corrected chi connectivity index (χ0v) is 17.3. The Labute approximate surface area is 163 Å². The highest BCUT2D eigenvalue weighted by atomic mass is 32.2. The molecule has 0 bridgehead atoms. The SMILES string of the molecule is CC(C)CCCCCCNC(=O)c1ccc(S(=O)(=O)N2CCOCC2)cc1. The molecule has 1 heterocycles. The van der Waals surface area contributed by atoms with Gasteiger partial charge in [-0.25, -0.2) is 8.42 Å². The summed E-state index contributed by atoms with van der Waals surface area (Å²) in [6.45, 7) is 6.67. The van der Waals surface area contributed by atoms with E-state index in [-0.39, 0.29) is 10.8 Å². The van der Waals surface area contributed by atoms with E-state index in [0.29, 0.717) is 38.4 Å². The monoisotopic (exact) mass is 396 g/mol. The molecule has 0 radical (unpaired) electrons. The molecular formula is C20H32N2O4S. The van der Waals surface area contributed by atoms with Gasteiger partial charge in [-0.15, -0.1) is 0 Å². The molecule has 7 heteroatoms. The summed E-state index contributed by atoms with van der Waals surface area (Å²) in [7, 11) is -3.52. The summed E-state index contributed by atoms with van der Waals surface area (Å²) in [5.41, 5.74) is 0.482. The normalized spacial score (nSPS) is 15.8. The molecule has 152 valence electrons. The lowest BCUT2D eigenvalue weighted by molar-refractivity contribution is 0.0730. The number of hydrogen-bond acceptors (Lipinski definition) is 4. The number of ether oxygens (including phenoxy) is 1. The summed E-state index contributed by atoms with van der Waals surface area (Å²) in [4.78, 5) is 12.4. The molecule has 27 heavy (non-hydrogen) atoms. The number of carbonyl (C=O) groups is 1. The van der Waals surface area contributed by atoms with E-state index in [1.807, 2.05) is 0 Å². The highest BCUT2D eigenvalue weighted by molar-refractivity contribution is 7.89. The second kappa shape index (κ2) is 10.8. The largest absolute Gasteiger partial charge is 0.379 e. The second-order valence-electron chi connectivity index (χ2n) is 7.39. The van der Waals surface area contributed by atoms with Gasteiger partial charge in [0.25, 0.3) is 5.91 Å². The van der Waals surface area contributed by atoms with Crippen LogP contribution in [0.5, 0.6) is 0 Å². The number of morpholine rings is 1. The lowest BCUT2D eigenvalue weighted by Gasteiger charge is -2.26. The second-order valence-corrected chi connectivity index (χ2v) is 9.33. The average molecular weight is 397 g/mol. The quantitative estimate of drug-likeness (QED) is 0.617. The van der Waals surface area contributed by atoms with Crippen molar-refractivity contribution < 1.29 is 17.9 Å². The Bertz CT molecular complexity index is 680. The number of nitrogens with one attached hydrogen (secondary N) is 1. The van der Waals surface area contributed by atoms with Gasteiger partial charge in [-0.05, 0) is 36.6 Å². The van der Waals surface area contributed by atoms with Crippen LogP contribution in [0.25, 0.3) is 0 Å². The molecular weight excluding hydrogens is 364 g/mol. The average Bonchev–Trinajstić information content (AvgIpc) is 2.67. The smallest absolute Gasteiger partial charge is 0.251 e. The lowest BCUT2D eigenvalue weighted by Crippen LogP contribution is -2.40. The maximum Gasteiger partial charge on any atom is 0.251 e. The molecule has 1 fully saturated rings. The van der Waals surface area contributed by atoms with Gasteiger partial charge < -0.3 is 10.1 Å². The summed E-state index contributed by atoms with van der Waals surface area (Å²) in [6.07, 6.45) is 5.77. The van der Waals surface area contributed by atoms with Crippen LogP contribution >= 0.6 is 0 Å². The molecule has 0 spiro atoms. The van der Waals surface area contributed by atoms with Crippen molar-refractivity contribution >= 4 is 15.9 Å². The standard InChI is InChI=1S/C20H32N2O4S/c1-17(2)7-5-3-4-6-12-21-20(23)18-8-10-19(11-9-18)27(24,25)22-13-15-26-16-14-22/h8-11,17H,3-7,12-16H2,1-2H3,(H,21,23). The van der Waals surface area contributed by atoms with Crippen LogP contribution in [0.4, 0.5) is 0 Å². The molecule has 1 aromatic carbocycles. The van der Waals surface area contributed by atoms with Gasteiger partial charge in [-0.3, -0.25) is 4.79 Å². The Morgan fingerprint density at radius 2 is 1.70 bits per heavy atom. The Hall–Kier alpha value is -1.44. The fourth-order valence-electron chi connectivity index (χ4n) is 3.05. The van der Waals surface area contributed by atoms with E-state index >= 15 is 0 Å². The zero-order chi connectivity index (χ0) is 19.7. The van der Waals surface area contributed by atoms with E-state index in [9.17, 15) is 13.2 Å². The predicted octanol–water partition coefficient (Wildman–Crippen LogP) is 3.04. The molecule has 1 saturated heterocycles. The predicted molar refractivity (Wildman–Crippen MR) is 106 cm³/mol. The van der Waals surface area contributed by atoms with Gasteiger partial charge in [-0.2, -0.15) is 4.31 Å². The summed E-state index contributed by atoms with van der Waals surface area (Å²) in [6, 6.07) is 6.16. The van der Waals surface area contributed by atoms with Crippen LogP contribution in [0, 0.1) is 5.92 Å². The van der Waals surface area contributed by atoms with Crippen molar-refractivity contribution in [2.45, 2.75) is 50.8 Å². The maximum atomic E-state index is 12.6. The number of unbranched alkanes of at least 4 members (excludes halogenated alkanes) is 3. The van der Waals surface area contributed by atoms with E-state index < -0.39 is 10.0 Å². The fourth-order valence-corrected chi connectivity index (χ4v) is 4.46. The zero-order valence-electron chi connectivity index (χ0n) is 16.4. The van der Waals surface area contributed by atoms with Crippen LogP contribution in [0.3, 0.4) is 0 Å². The summed E-state index contributed by atoms with van der Waals surface area (Å²) in [5.74, 6) is 0.590. The first-order chi connectivity index (χ1) is 12.9. The first-order valence-corrected chi connectivity index (χ1v) is 11.3. The molecule has 0 aliphatic carbocycles. The number of sulfonamides is 1. The van der Waals surface area contributed by atoms with E-state index in [1.165, 1.54) is 35.7 Å². The minimum Gasteiger partial charge on any atom is -0.379 e. The van der Waals surface area contributed by atoms with Crippen molar-refractivity contribution in [2.75, 3.05) is 32.8 Å². The van der Waals surface area contributed by atoms with Gasteiger partial charge >= 0.3 is 0 Å². The molecule has 1 N–H and O–H groups in total. The summed E-state index contributed by atoms with van der Waals surface area (Å²) in [5, 5.41) is 2.90. The molecule has 0 saturated carbocycles. The van der Waals surface area contributed by atoms with Gasteiger partial charge in [0.15, 0.2) is 0 Å². The van der Waals surface area contributed by atoms with Gasteiger partial charge in [0, 0.05) is 25.2 Å². The van der Waals surface area contributed by atoms with Crippen LogP contribution in [0.2, 0.25) is 0 Å². The molecule has 1 aliphatic heterocycles. The first kappa shape index (κ1) is 21.9. The Balaban J connectivity index is 1.78. The van der Waals surface area contributed by atoms with Gasteiger partial charge in [0.2, 0.25) is 10.0 Å². The van der Waals surface area contributed by atoms with Crippen LogP contribution < -0.4 is 5.32 Å². The third-order valence-corrected chi connectivity index (χ3v) is 6.63. The minimum atomic E-state index is -3.52. The highest BCUT2D eigenvalue weighted by Gasteiger charge is 2.26. The Morgan fingerprint density at radius 3 is 2.33 bits per heavy atom. The first-order valence-electron chi connectivity index (χ1n) is 9.87. The van der Waals surface area contributed by atoms with Crippen molar-refractivity contribution in [1.29, 1.82) is 0 Å². The minimum absolute atomic E-state index is 0.160. The van der Waals surface area contributed by atoms with Crippen molar-refractivity contribution in [1.82, 2.24) is 9.62 Å². The van der Waals surface area contributed by atoms with Gasteiger partial charge in [0.1, 0.15) is 0 Å². The number of benzene rings is 1. The van der Waals surface area contributed by atoms with Crippen LogP contribution in [0.15, 0.2) is 29.2 Å². The Kier molecular flexibility index (Phi) is 8.73. The summed E-state index contributed by atoms with van der Waals surface area (Å²) >= 11 is 0. The maximum absolute atomic E-state index is 12.6. The van der Waals surface area contributed by atoms with Crippen molar-refractivity contribution in [2.24, 2.45) is 5.92 Å². The molecule has 6 nitrogen and oxygen atoms in total. The summed E-state index contributed by atoms with van der Waals surface area (Å²) < 4.78 is 31.8.